The summed E-state index contributed by atoms with van der Waals surface area (Å²) in [5, 5.41) is 7.37. The third-order valence-corrected chi connectivity index (χ3v) is 5.15. The zero-order valence-electron chi connectivity index (χ0n) is 15.2. The molecule has 5 nitrogen and oxygen atoms in total. The van der Waals surface area contributed by atoms with Crippen molar-refractivity contribution in [3.05, 3.63) is 58.1 Å². The van der Waals surface area contributed by atoms with E-state index in [0.29, 0.717) is 21.4 Å². The number of carbonyl (C=O) groups is 1. The molecule has 1 aliphatic rings. The number of ether oxygens (including phenoxy) is 2. The average Bonchev–Trinajstić information content (AvgIpc) is 2.68. The van der Waals surface area contributed by atoms with Gasteiger partial charge in [-0.25, -0.2) is 4.79 Å². The van der Waals surface area contributed by atoms with Crippen LogP contribution in [0.15, 0.2) is 36.4 Å². The topological polar surface area (TPSA) is 59.6 Å². The zero-order valence-corrected chi connectivity index (χ0v) is 16.7. The van der Waals surface area contributed by atoms with E-state index in [4.69, 9.17) is 33.3 Å². The van der Waals surface area contributed by atoms with Crippen LogP contribution in [-0.4, -0.2) is 25.3 Å². The summed E-state index contributed by atoms with van der Waals surface area (Å²) < 4.78 is 10.1. The van der Waals surface area contributed by atoms with Crippen LogP contribution in [0.3, 0.4) is 0 Å². The second-order valence-electron chi connectivity index (χ2n) is 6.29. The molecule has 0 aromatic heterocycles. The standard InChI is InChI=1S/C20H21ClN2O3S/c1-25-14-7-8-15-12(10-14)4-3-5-17(15)22-20(27)23-18-11-13(19(24)26-2)6-9-16(18)21/h6-11,17H,3-5H2,1-2H3,(H2,22,23,27)/t17-/m0/s1. The molecule has 142 valence electrons. The fourth-order valence-electron chi connectivity index (χ4n) is 3.25. The van der Waals surface area contributed by atoms with Crippen molar-refractivity contribution in [3.8, 4) is 5.75 Å². The molecular formula is C20H21ClN2O3S. The summed E-state index contributed by atoms with van der Waals surface area (Å²) in [6, 6.07) is 11.1. The number of hydrogen-bond acceptors (Lipinski definition) is 4. The van der Waals surface area contributed by atoms with Crippen LogP contribution >= 0.6 is 23.8 Å². The minimum absolute atomic E-state index is 0.113. The van der Waals surface area contributed by atoms with E-state index < -0.39 is 5.97 Å². The monoisotopic (exact) mass is 404 g/mol. The Morgan fingerprint density at radius 1 is 1.22 bits per heavy atom. The number of methoxy groups -OCH3 is 2. The van der Waals surface area contributed by atoms with Gasteiger partial charge in [-0.2, -0.15) is 0 Å². The molecule has 0 aliphatic heterocycles. The first-order valence-electron chi connectivity index (χ1n) is 8.64. The lowest BCUT2D eigenvalue weighted by Gasteiger charge is -2.28. The van der Waals surface area contributed by atoms with Gasteiger partial charge in [0.1, 0.15) is 5.75 Å². The smallest absolute Gasteiger partial charge is 0.337 e. The molecule has 0 amide bonds. The molecule has 0 unspecified atom stereocenters. The summed E-state index contributed by atoms with van der Waals surface area (Å²) in [6.45, 7) is 0. The van der Waals surface area contributed by atoms with E-state index in [9.17, 15) is 4.79 Å². The van der Waals surface area contributed by atoms with Crippen LogP contribution in [0.5, 0.6) is 5.75 Å². The van der Waals surface area contributed by atoms with Crippen molar-refractivity contribution in [1.82, 2.24) is 5.32 Å². The number of halogens is 1. The van der Waals surface area contributed by atoms with Gasteiger partial charge in [0.05, 0.1) is 36.5 Å². The first-order valence-corrected chi connectivity index (χ1v) is 9.42. The molecular weight excluding hydrogens is 384 g/mol. The summed E-state index contributed by atoms with van der Waals surface area (Å²) in [6.07, 6.45) is 3.08. The van der Waals surface area contributed by atoms with Gasteiger partial charge in [-0.3, -0.25) is 0 Å². The third kappa shape index (κ3) is 4.51. The summed E-state index contributed by atoms with van der Waals surface area (Å²) in [5.41, 5.74) is 3.46. The van der Waals surface area contributed by atoms with E-state index in [1.54, 1.807) is 25.3 Å². The largest absolute Gasteiger partial charge is 0.497 e. The van der Waals surface area contributed by atoms with Gasteiger partial charge in [0.2, 0.25) is 0 Å². The van der Waals surface area contributed by atoms with E-state index in [1.807, 2.05) is 6.07 Å². The van der Waals surface area contributed by atoms with E-state index in [2.05, 4.69) is 22.8 Å². The molecule has 0 bridgehead atoms. The predicted octanol–water partition coefficient (Wildman–Crippen LogP) is 4.50. The van der Waals surface area contributed by atoms with Gasteiger partial charge < -0.3 is 20.1 Å². The molecule has 0 heterocycles. The predicted molar refractivity (Wildman–Crippen MR) is 111 cm³/mol. The molecule has 0 saturated carbocycles. The van der Waals surface area contributed by atoms with Crippen LogP contribution in [0.1, 0.15) is 40.4 Å². The van der Waals surface area contributed by atoms with Crippen molar-refractivity contribution >= 4 is 40.6 Å². The van der Waals surface area contributed by atoms with E-state index in [-0.39, 0.29) is 6.04 Å². The normalized spacial score (nSPS) is 15.4. The molecule has 0 radical (unpaired) electrons. The molecule has 3 rings (SSSR count). The van der Waals surface area contributed by atoms with Crippen molar-refractivity contribution in [2.24, 2.45) is 0 Å². The minimum atomic E-state index is -0.427. The number of nitrogens with one attached hydrogen (secondary N) is 2. The van der Waals surface area contributed by atoms with Crippen molar-refractivity contribution in [2.45, 2.75) is 25.3 Å². The molecule has 0 spiro atoms. The molecule has 1 aliphatic carbocycles. The zero-order chi connectivity index (χ0) is 19.4. The van der Waals surface area contributed by atoms with Gasteiger partial charge in [0, 0.05) is 0 Å². The van der Waals surface area contributed by atoms with Crippen molar-refractivity contribution in [3.63, 3.8) is 0 Å². The molecule has 1 atom stereocenters. The van der Waals surface area contributed by atoms with Gasteiger partial charge >= 0.3 is 5.97 Å². The number of anilines is 1. The highest BCUT2D eigenvalue weighted by Gasteiger charge is 2.21. The Bertz CT molecular complexity index is 872. The minimum Gasteiger partial charge on any atom is -0.497 e. The molecule has 0 fully saturated rings. The van der Waals surface area contributed by atoms with Crippen LogP contribution < -0.4 is 15.4 Å². The van der Waals surface area contributed by atoms with Crippen molar-refractivity contribution < 1.29 is 14.3 Å². The number of aryl methyl sites for hydroxylation is 1. The lowest BCUT2D eigenvalue weighted by atomic mass is 9.87. The highest BCUT2D eigenvalue weighted by molar-refractivity contribution is 7.80. The molecule has 0 saturated heterocycles. The Hall–Kier alpha value is -2.31. The Labute approximate surface area is 169 Å². The summed E-state index contributed by atoms with van der Waals surface area (Å²) in [7, 11) is 3.01. The fraction of sp³-hybridized carbons (Fsp3) is 0.300. The number of hydrogen-bond donors (Lipinski definition) is 2. The quantitative estimate of drug-likeness (QED) is 0.578. The number of carbonyl (C=O) groups excluding carboxylic acids is 1. The lowest BCUT2D eigenvalue weighted by molar-refractivity contribution is 0.0601. The number of fused-ring (bicyclic) bond motifs is 1. The number of benzene rings is 2. The molecule has 27 heavy (non-hydrogen) atoms. The van der Waals surface area contributed by atoms with E-state index >= 15 is 0 Å². The SMILES string of the molecule is COC(=O)c1ccc(Cl)c(NC(=S)N[C@H]2CCCc3cc(OC)ccc32)c1. The van der Waals surface area contributed by atoms with Gasteiger partial charge in [-0.1, -0.05) is 17.7 Å². The van der Waals surface area contributed by atoms with Gasteiger partial charge in [-0.15, -0.1) is 0 Å². The van der Waals surface area contributed by atoms with Gasteiger partial charge in [0.15, 0.2) is 5.11 Å². The molecule has 2 aromatic rings. The Morgan fingerprint density at radius 3 is 2.78 bits per heavy atom. The van der Waals surface area contributed by atoms with Gasteiger partial charge in [0.25, 0.3) is 0 Å². The van der Waals surface area contributed by atoms with Crippen molar-refractivity contribution in [1.29, 1.82) is 0 Å². The molecule has 2 aromatic carbocycles. The first kappa shape index (κ1) is 19.5. The number of esters is 1. The second-order valence-corrected chi connectivity index (χ2v) is 7.11. The summed E-state index contributed by atoms with van der Waals surface area (Å²) in [5.74, 6) is 0.435. The number of rotatable bonds is 4. The maximum absolute atomic E-state index is 11.7. The van der Waals surface area contributed by atoms with Crippen LogP contribution in [0, 0.1) is 0 Å². The van der Waals surface area contributed by atoms with E-state index in [1.165, 1.54) is 18.2 Å². The van der Waals surface area contributed by atoms with E-state index in [0.717, 1.165) is 25.0 Å². The van der Waals surface area contributed by atoms with Gasteiger partial charge in [-0.05, 0) is 72.9 Å². The third-order valence-electron chi connectivity index (χ3n) is 4.61. The van der Waals surface area contributed by atoms with Crippen molar-refractivity contribution in [2.75, 3.05) is 19.5 Å². The highest BCUT2D eigenvalue weighted by Crippen LogP contribution is 2.32. The van der Waals surface area contributed by atoms with Crippen LogP contribution in [0.2, 0.25) is 5.02 Å². The fourth-order valence-corrected chi connectivity index (χ4v) is 3.67. The average molecular weight is 405 g/mol. The Kier molecular flexibility index (Phi) is 6.19. The maximum Gasteiger partial charge on any atom is 0.337 e. The Morgan fingerprint density at radius 2 is 2.04 bits per heavy atom. The Balaban J connectivity index is 1.73. The first-order chi connectivity index (χ1) is 13.0. The van der Waals surface area contributed by atoms with Crippen LogP contribution in [-0.2, 0) is 11.2 Å². The highest BCUT2D eigenvalue weighted by atomic mass is 35.5. The second kappa shape index (κ2) is 8.59. The summed E-state index contributed by atoms with van der Waals surface area (Å²) >= 11 is 11.7. The van der Waals surface area contributed by atoms with Crippen LogP contribution in [0.4, 0.5) is 5.69 Å². The lowest BCUT2D eigenvalue weighted by Crippen LogP contribution is -2.34. The molecule has 2 N–H and O–H groups in total. The van der Waals surface area contributed by atoms with Crippen LogP contribution in [0.25, 0.3) is 0 Å². The summed E-state index contributed by atoms with van der Waals surface area (Å²) in [4.78, 5) is 11.7. The number of thiocarbonyl (C=S) groups is 1. The molecule has 7 heteroatoms. The maximum atomic E-state index is 11.7.